The molecule has 0 N–H and O–H groups in total. The van der Waals surface area contributed by atoms with Gasteiger partial charge in [-0.05, 0) is 36.6 Å². The van der Waals surface area contributed by atoms with Crippen molar-refractivity contribution in [3.05, 3.63) is 69.3 Å². The molecule has 0 atom stereocenters. The van der Waals surface area contributed by atoms with Crippen LogP contribution < -0.4 is 24.4 Å². The fourth-order valence-corrected chi connectivity index (χ4v) is 5.44. The van der Waals surface area contributed by atoms with Gasteiger partial charge in [0.15, 0.2) is 28.4 Å². The highest BCUT2D eigenvalue weighted by atomic mass is 79.9. The molecule has 6 nitrogen and oxygen atoms in total. The Bertz CT molecular complexity index is 1450. The molecule has 8 heteroatoms. The molecule has 6 rings (SSSR count). The molecule has 0 spiro atoms. The summed E-state index contributed by atoms with van der Waals surface area (Å²) in [7, 11) is 0. The summed E-state index contributed by atoms with van der Waals surface area (Å²) in [5, 5.41) is 1.36. The Kier molecular flexibility index (Phi) is 4.58. The Morgan fingerprint density at radius 1 is 0.875 bits per heavy atom. The lowest BCUT2D eigenvalue weighted by Crippen LogP contribution is -2.15. The molecule has 0 fully saturated rings. The summed E-state index contributed by atoms with van der Waals surface area (Å²) in [4.78, 5) is 13.9. The maximum absolute atomic E-state index is 13.9. The maximum atomic E-state index is 13.9. The molecular formula is C24H16BrNO5S. The summed E-state index contributed by atoms with van der Waals surface area (Å²) >= 11 is 5.16. The Hall–Kier alpha value is -3.10. The molecule has 0 unspecified atom stereocenters. The molecular weight excluding hydrogens is 494 g/mol. The van der Waals surface area contributed by atoms with Gasteiger partial charge >= 0.3 is 0 Å². The highest BCUT2D eigenvalue weighted by molar-refractivity contribution is 9.10. The van der Waals surface area contributed by atoms with Crippen molar-refractivity contribution in [2.45, 2.75) is 5.03 Å². The third kappa shape index (κ3) is 2.90. The number of hydrogen-bond acceptors (Lipinski definition) is 6. The minimum Gasteiger partial charge on any atom is -0.454 e. The van der Waals surface area contributed by atoms with E-state index in [-0.39, 0.29) is 19.0 Å². The van der Waals surface area contributed by atoms with E-state index >= 15 is 0 Å². The van der Waals surface area contributed by atoms with Crippen LogP contribution in [0, 0.1) is 0 Å². The molecule has 4 aromatic rings. The molecule has 0 amide bonds. The number of pyridine rings is 1. The van der Waals surface area contributed by atoms with Gasteiger partial charge in [-0.2, -0.15) is 0 Å². The van der Waals surface area contributed by atoms with E-state index in [4.69, 9.17) is 18.9 Å². The molecule has 0 radical (unpaired) electrons. The van der Waals surface area contributed by atoms with Crippen LogP contribution in [-0.2, 0) is 0 Å². The fraction of sp³-hybridized carbons (Fsp3) is 0.125. The van der Waals surface area contributed by atoms with Crippen LogP contribution in [0.5, 0.6) is 23.0 Å². The van der Waals surface area contributed by atoms with Gasteiger partial charge in [0.25, 0.3) is 0 Å². The molecule has 2 aliphatic heterocycles. The van der Waals surface area contributed by atoms with Gasteiger partial charge in [0.05, 0.1) is 21.5 Å². The van der Waals surface area contributed by atoms with Crippen molar-refractivity contribution in [2.24, 2.45) is 0 Å². The van der Waals surface area contributed by atoms with Crippen molar-refractivity contribution in [2.75, 3.05) is 19.8 Å². The fourth-order valence-electron chi connectivity index (χ4n) is 4.12. The normalized spacial score (nSPS) is 13.7. The van der Waals surface area contributed by atoms with Gasteiger partial charge in [0, 0.05) is 21.8 Å². The monoisotopic (exact) mass is 509 g/mol. The summed E-state index contributed by atoms with van der Waals surface area (Å²) < 4.78 is 25.1. The van der Waals surface area contributed by atoms with Gasteiger partial charge in [0.1, 0.15) is 0 Å². The average Bonchev–Trinajstić information content (AvgIpc) is 3.46. The average molecular weight is 510 g/mol. The first-order valence-corrected chi connectivity index (χ1v) is 11.9. The second kappa shape index (κ2) is 7.50. The van der Waals surface area contributed by atoms with Crippen LogP contribution in [-0.4, -0.2) is 24.4 Å². The van der Waals surface area contributed by atoms with Crippen LogP contribution in [0.15, 0.2) is 68.9 Å². The molecule has 0 saturated carbocycles. The molecule has 0 saturated heterocycles. The highest BCUT2D eigenvalue weighted by Gasteiger charge is 2.26. The number of thioether (sulfide) groups is 1. The molecule has 1 aromatic heterocycles. The van der Waals surface area contributed by atoms with Crippen LogP contribution in [0.25, 0.3) is 27.7 Å². The van der Waals surface area contributed by atoms with Crippen LogP contribution in [0.1, 0.15) is 0 Å². The van der Waals surface area contributed by atoms with Gasteiger partial charge in [-0.25, -0.2) is 0 Å². The third-order valence-corrected chi connectivity index (χ3v) is 6.99. The van der Waals surface area contributed by atoms with E-state index in [0.29, 0.717) is 33.9 Å². The zero-order chi connectivity index (χ0) is 21.8. The predicted octanol–water partition coefficient (Wildman–Crippen LogP) is 5.60. The second-order valence-corrected chi connectivity index (χ2v) is 8.94. The number of nitrogens with zero attached hydrogens (tertiary/aromatic N) is 1. The number of rotatable bonds is 3. The van der Waals surface area contributed by atoms with E-state index in [1.807, 2.05) is 54.8 Å². The number of aromatic nitrogens is 1. The first kappa shape index (κ1) is 19.6. The first-order chi connectivity index (χ1) is 15.7. The van der Waals surface area contributed by atoms with Gasteiger partial charge < -0.3 is 23.5 Å². The molecule has 2 aliphatic rings. The number of para-hydroxylation sites is 1. The SMILES string of the molecule is CSc1c(-c2cc3c(cc2Br)OCO3)c(=O)c2cc3c(cc2n1-c1ccccc1)OCO3. The number of fused-ring (bicyclic) bond motifs is 3. The number of hydrogen-bond donors (Lipinski definition) is 0. The van der Waals surface area contributed by atoms with E-state index in [9.17, 15) is 4.79 Å². The predicted molar refractivity (Wildman–Crippen MR) is 127 cm³/mol. The highest BCUT2D eigenvalue weighted by Crippen LogP contribution is 2.44. The molecule has 0 bridgehead atoms. The number of benzene rings is 3. The Morgan fingerprint density at radius 3 is 2.19 bits per heavy atom. The third-order valence-electron chi connectivity index (χ3n) is 5.56. The Balaban J connectivity index is 1.76. The lowest BCUT2D eigenvalue weighted by Gasteiger charge is -2.20. The first-order valence-electron chi connectivity index (χ1n) is 9.87. The molecule has 3 heterocycles. The quantitative estimate of drug-likeness (QED) is 0.335. The topological polar surface area (TPSA) is 58.9 Å². The van der Waals surface area contributed by atoms with Crippen molar-refractivity contribution >= 4 is 38.6 Å². The molecule has 0 aliphatic carbocycles. The summed E-state index contributed by atoms with van der Waals surface area (Å²) in [6.07, 6.45) is 1.97. The van der Waals surface area contributed by atoms with Gasteiger partial charge in [-0.3, -0.25) is 4.79 Å². The largest absolute Gasteiger partial charge is 0.454 e. The zero-order valence-electron chi connectivity index (χ0n) is 16.9. The van der Waals surface area contributed by atoms with Gasteiger partial charge in [-0.15, -0.1) is 11.8 Å². The van der Waals surface area contributed by atoms with Gasteiger partial charge in [-0.1, -0.05) is 34.1 Å². The van der Waals surface area contributed by atoms with Crippen LogP contribution in [0.4, 0.5) is 0 Å². The van der Waals surface area contributed by atoms with E-state index in [1.54, 1.807) is 6.07 Å². The minimum absolute atomic E-state index is 0.0885. The van der Waals surface area contributed by atoms with Crippen LogP contribution >= 0.6 is 27.7 Å². The maximum Gasteiger partial charge on any atom is 0.231 e. The smallest absolute Gasteiger partial charge is 0.231 e. The number of halogens is 1. The number of ether oxygens (including phenoxy) is 4. The van der Waals surface area contributed by atoms with Crippen LogP contribution in [0.2, 0.25) is 0 Å². The van der Waals surface area contributed by atoms with Crippen molar-refractivity contribution in [3.8, 4) is 39.8 Å². The van der Waals surface area contributed by atoms with Gasteiger partial charge in [0.2, 0.25) is 13.6 Å². The second-order valence-electron chi connectivity index (χ2n) is 7.29. The summed E-state index contributed by atoms with van der Waals surface area (Å²) in [6, 6.07) is 17.3. The Labute approximate surface area is 195 Å². The molecule has 3 aromatic carbocycles. The van der Waals surface area contributed by atoms with Crippen molar-refractivity contribution in [1.29, 1.82) is 0 Å². The lowest BCUT2D eigenvalue weighted by atomic mass is 10.0. The van der Waals surface area contributed by atoms with E-state index in [0.717, 1.165) is 26.3 Å². The minimum atomic E-state index is -0.0885. The van der Waals surface area contributed by atoms with E-state index in [2.05, 4.69) is 20.5 Å². The Morgan fingerprint density at radius 2 is 1.50 bits per heavy atom. The van der Waals surface area contributed by atoms with Crippen LogP contribution in [0.3, 0.4) is 0 Å². The van der Waals surface area contributed by atoms with E-state index in [1.165, 1.54) is 11.8 Å². The summed E-state index contributed by atoms with van der Waals surface area (Å²) in [5.74, 6) is 2.47. The van der Waals surface area contributed by atoms with Crippen molar-refractivity contribution in [3.63, 3.8) is 0 Å². The standard InChI is InChI=1S/C24H16BrNO5S/c1-32-24-22(14-7-18-20(9-16(14)25)30-11-28-18)23(27)15-8-19-21(31-12-29-19)10-17(15)26(24)13-5-3-2-4-6-13/h2-10H,11-12H2,1H3. The summed E-state index contributed by atoms with van der Waals surface area (Å²) in [5.41, 5.74) is 2.94. The van der Waals surface area contributed by atoms with Crippen molar-refractivity contribution in [1.82, 2.24) is 4.57 Å². The zero-order valence-corrected chi connectivity index (χ0v) is 19.3. The molecule has 160 valence electrons. The van der Waals surface area contributed by atoms with E-state index < -0.39 is 0 Å². The summed E-state index contributed by atoms with van der Waals surface area (Å²) in [6.45, 7) is 0.303. The van der Waals surface area contributed by atoms with Crippen molar-refractivity contribution < 1.29 is 18.9 Å². The lowest BCUT2D eigenvalue weighted by molar-refractivity contribution is 0.173. The molecule has 32 heavy (non-hydrogen) atoms.